The quantitative estimate of drug-likeness (QED) is 0.595. The Kier molecular flexibility index (Phi) is 7.51. The summed E-state index contributed by atoms with van der Waals surface area (Å²) in [4.78, 5) is 34.4. The van der Waals surface area contributed by atoms with E-state index < -0.39 is 5.97 Å². The Morgan fingerprint density at radius 2 is 2.12 bits per heavy atom. The smallest absolute Gasteiger partial charge is 0.339 e. The topological polar surface area (TPSA) is 93.2 Å². The minimum atomic E-state index is -0.500. The summed E-state index contributed by atoms with van der Waals surface area (Å²) in [6.45, 7) is 8.71. The van der Waals surface area contributed by atoms with Gasteiger partial charge in [-0.25, -0.2) is 9.78 Å². The second-order valence-corrected chi connectivity index (χ2v) is 10.1. The van der Waals surface area contributed by atoms with Gasteiger partial charge >= 0.3 is 5.97 Å². The van der Waals surface area contributed by atoms with Gasteiger partial charge in [0.25, 0.3) is 5.91 Å². The lowest BCUT2D eigenvalue weighted by molar-refractivity contribution is -0.0552. The van der Waals surface area contributed by atoms with Gasteiger partial charge in [0.2, 0.25) is 0 Å². The molecular formula is C24H32N4O5S. The third-order valence-electron chi connectivity index (χ3n) is 6.40. The SMILES string of the molecule is COC(=O)c1cc(CN2CCOCC2(C)C)ccc1NC(=O)c1csc(N2CC[C@H](OC)C2)n1. The molecule has 2 aliphatic heterocycles. The van der Waals surface area contributed by atoms with E-state index in [4.69, 9.17) is 14.2 Å². The monoisotopic (exact) mass is 488 g/mol. The molecule has 1 atom stereocenters. The third kappa shape index (κ3) is 5.41. The molecule has 1 N–H and O–H groups in total. The van der Waals surface area contributed by atoms with E-state index in [1.165, 1.54) is 18.4 Å². The summed E-state index contributed by atoms with van der Waals surface area (Å²) in [6.07, 6.45) is 1.12. The van der Waals surface area contributed by atoms with E-state index in [0.29, 0.717) is 36.7 Å². The summed E-state index contributed by atoms with van der Waals surface area (Å²) in [5.41, 5.74) is 1.90. The number of methoxy groups -OCH3 is 2. The molecule has 1 aromatic heterocycles. The number of ether oxygens (including phenoxy) is 3. The number of esters is 1. The number of hydrogen-bond acceptors (Lipinski definition) is 9. The molecule has 2 fully saturated rings. The van der Waals surface area contributed by atoms with Crippen molar-refractivity contribution in [2.45, 2.75) is 38.5 Å². The number of aromatic nitrogens is 1. The van der Waals surface area contributed by atoms with Crippen LogP contribution in [0, 0.1) is 0 Å². The molecule has 0 aliphatic carbocycles. The van der Waals surface area contributed by atoms with Crippen LogP contribution in [0.3, 0.4) is 0 Å². The van der Waals surface area contributed by atoms with E-state index in [2.05, 4.69) is 33.9 Å². The van der Waals surface area contributed by atoms with Crippen molar-refractivity contribution in [1.82, 2.24) is 9.88 Å². The molecule has 2 aromatic rings. The minimum Gasteiger partial charge on any atom is -0.465 e. The maximum atomic E-state index is 12.9. The van der Waals surface area contributed by atoms with Crippen LogP contribution in [-0.2, 0) is 20.8 Å². The lowest BCUT2D eigenvalue weighted by atomic mass is 10.0. The highest BCUT2D eigenvalue weighted by atomic mass is 32.1. The Hall–Kier alpha value is -2.53. The molecule has 0 bridgehead atoms. The fourth-order valence-electron chi connectivity index (χ4n) is 4.28. The number of rotatable bonds is 7. The van der Waals surface area contributed by atoms with Gasteiger partial charge in [0, 0.05) is 44.2 Å². The van der Waals surface area contributed by atoms with Crippen molar-refractivity contribution in [3.05, 3.63) is 40.4 Å². The second kappa shape index (κ2) is 10.4. The molecule has 1 amide bonds. The first-order chi connectivity index (χ1) is 16.3. The molecule has 34 heavy (non-hydrogen) atoms. The predicted molar refractivity (Wildman–Crippen MR) is 131 cm³/mol. The number of nitrogens with zero attached hydrogens (tertiary/aromatic N) is 3. The number of anilines is 2. The van der Waals surface area contributed by atoms with Gasteiger partial charge in [0.05, 0.1) is 37.7 Å². The van der Waals surface area contributed by atoms with Crippen LogP contribution in [-0.4, -0.2) is 80.5 Å². The summed E-state index contributed by atoms with van der Waals surface area (Å²) in [7, 11) is 3.04. The number of hydrogen-bond donors (Lipinski definition) is 1. The zero-order chi connectivity index (χ0) is 24.3. The Balaban J connectivity index is 1.49. The minimum absolute atomic E-state index is 0.0997. The number of morpholine rings is 1. The van der Waals surface area contributed by atoms with Gasteiger partial charge in [-0.05, 0) is 38.0 Å². The van der Waals surface area contributed by atoms with Crippen LogP contribution in [0.15, 0.2) is 23.6 Å². The molecule has 2 aliphatic rings. The van der Waals surface area contributed by atoms with Gasteiger partial charge in [-0.15, -0.1) is 11.3 Å². The van der Waals surface area contributed by atoms with E-state index in [9.17, 15) is 9.59 Å². The highest BCUT2D eigenvalue weighted by Crippen LogP contribution is 2.27. The molecule has 184 valence electrons. The van der Waals surface area contributed by atoms with Gasteiger partial charge in [-0.1, -0.05) is 6.07 Å². The van der Waals surface area contributed by atoms with E-state index >= 15 is 0 Å². The van der Waals surface area contributed by atoms with Gasteiger partial charge < -0.3 is 24.4 Å². The van der Waals surface area contributed by atoms with E-state index in [0.717, 1.165) is 36.8 Å². The summed E-state index contributed by atoms with van der Waals surface area (Å²) in [5.74, 6) is -0.864. The van der Waals surface area contributed by atoms with Gasteiger partial charge in [0.15, 0.2) is 5.13 Å². The number of nitrogens with one attached hydrogen (secondary N) is 1. The molecule has 1 aromatic carbocycles. The molecule has 10 heteroatoms. The fourth-order valence-corrected chi connectivity index (χ4v) is 5.12. The van der Waals surface area contributed by atoms with E-state index in [1.54, 1.807) is 24.6 Å². The highest BCUT2D eigenvalue weighted by Gasteiger charge is 2.31. The Labute approximate surface area is 204 Å². The van der Waals surface area contributed by atoms with Crippen LogP contribution in [0.1, 0.15) is 46.7 Å². The zero-order valence-corrected chi connectivity index (χ0v) is 20.9. The van der Waals surface area contributed by atoms with Crippen molar-refractivity contribution in [2.24, 2.45) is 0 Å². The average Bonchev–Trinajstić information content (AvgIpc) is 3.50. The molecule has 2 saturated heterocycles. The highest BCUT2D eigenvalue weighted by molar-refractivity contribution is 7.14. The average molecular weight is 489 g/mol. The van der Waals surface area contributed by atoms with Crippen LogP contribution in [0.25, 0.3) is 0 Å². The lowest BCUT2D eigenvalue weighted by Gasteiger charge is -2.42. The Morgan fingerprint density at radius 1 is 1.29 bits per heavy atom. The molecule has 0 radical (unpaired) electrons. The first kappa shape index (κ1) is 24.6. The van der Waals surface area contributed by atoms with Crippen molar-refractivity contribution >= 4 is 34.0 Å². The summed E-state index contributed by atoms with van der Waals surface area (Å²) in [6, 6.07) is 5.47. The Bertz CT molecular complexity index is 1040. The molecular weight excluding hydrogens is 456 g/mol. The largest absolute Gasteiger partial charge is 0.465 e. The molecule has 0 unspecified atom stereocenters. The van der Waals surface area contributed by atoms with Crippen LogP contribution >= 0.6 is 11.3 Å². The Morgan fingerprint density at radius 3 is 2.82 bits per heavy atom. The standard InChI is InChI=1S/C24H32N4O5S/c1-24(2)15-33-10-9-28(24)12-16-5-6-19(18(11-16)22(30)32-4)25-21(29)20-14-34-23(26-20)27-8-7-17(13-27)31-3/h5-6,11,14,17H,7-10,12-13,15H2,1-4H3,(H,25,29)/t17-/m0/s1. The number of carbonyl (C=O) groups is 2. The molecule has 0 spiro atoms. The van der Waals surface area contributed by atoms with Crippen molar-refractivity contribution in [1.29, 1.82) is 0 Å². The molecule has 0 saturated carbocycles. The van der Waals surface area contributed by atoms with Crippen LogP contribution in [0.2, 0.25) is 0 Å². The zero-order valence-electron chi connectivity index (χ0n) is 20.1. The van der Waals surface area contributed by atoms with Gasteiger partial charge in [0.1, 0.15) is 5.69 Å². The van der Waals surface area contributed by atoms with Crippen molar-refractivity contribution in [3.63, 3.8) is 0 Å². The number of benzene rings is 1. The summed E-state index contributed by atoms with van der Waals surface area (Å²) in [5, 5.41) is 5.37. The molecule has 4 rings (SSSR count). The first-order valence-electron chi connectivity index (χ1n) is 11.4. The van der Waals surface area contributed by atoms with Crippen LogP contribution in [0.4, 0.5) is 10.8 Å². The van der Waals surface area contributed by atoms with Crippen molar-refractivity contribution < 1.29 is 23.8 Å². The molecule has 9 nitrogen and oxygen atoms in total. The summed E-state index contributed by atoms with van der Waals surface area (Å²) >= 11 is 1.43. The van der Waals surface area contributed by atoms with Crippen LogP contribution in [0.5, 0.6) is 0 Å². The fraction of sp³-hybridized carbons (Fsp3) is 0.542. The van der Waals surface area contributed by atoms with Crippen molar-refractivity contribution in [3.8, 4) is 0 Å². The second-order valence-electron chi connectivity index (χ2n) is 9.22. The number of amides is 1. The lowest BCUT2D eigenvalue weighted by Crippen LogP contribution is -2.52. The van der Waals surface area contributed by atoms with Crippen molar-refractivity contribution in [2.75, 3.05) is 57.3 Å². The normalized spacial score (nSPS) is 20.4. The first-order valence-corrected chi connectivity index (χ1v) is 12.3. The maximum absolute atomic E-state index is 12.9. The van der Waals surface area contributed by atoms with Gasteiger partial charge in [-0.3, -0.25) is 9.69 Å². The maximum Gasteiger partial charge on any atom is 0.339 e. The van der Waals surface area contributed by atoms with E-state index in [1.807, 2.05) is 6.07 Å². The van der Waals surface area contributed by atoms with E-state index in [-0.39, 0.29) is 17.6 Å². The predicted octanol–water partition coefficient (Wildman–Crippen LogP) is 3.02. The molecule has 3 heterocycles. The number of carbonyl (C=O) groups excluding carboxylic acids is 2. The third-order valence-corrected chi connectivity index (χ3v) is 7.30. The van der Waals surface area contributed by atoms with Gasteiger partial charge in [-0.2, -0.15) is 0 Å². The number of thiazole rings is 1. The summed E-state index contributed by atoms with van der Waals surface area (Å²) < 4.78 is 16.0. The van der Waals surface area contributed by atoms with Crippen LogP contribution < -0.4 is 10.2 Å².